The highest BCUT2D eigenvalue weighted by atomic mass is 14.9. The lowest BCUT2D eigenvalue weighted by Gasteiger charge is -2.06. The maximum Gasteiger partial charge on any atom is 0.160 e. The van der Waals surface area contributed by atoms with Crippen molar-refractivity contribution in [2.24, 2.45) is 0 Å². The quantitative estimate of drug-likeness (QED) is 0.184. The third kappa shape index (κ3) is 9.92. The summed E-state index contributed by atoms with van der Waals surface area (Å²) in [5.41, 5.74) is 5.77. The largest absolute Gasteiger partial charge is 0.255 e. The van der Waals surface area contributed by atoms with Gasteiger partial charge in [0.2, 0.25) is 0 Å². The molecule has 0 N–H and O–H groups in total. The van der Waals surface area contributed by atoms with Gasteiger partial charge in [-0.2, -0.15) is 0 Å². The van der Waals surface area contributed by atoms with Gasteiger partial charge in [-0.25, -0.2) is 9.97 Å². The molecule has 2 aromatic heterocycles. The van der Waals surface area contributed by atoms with Gasteiger partial charge in [-0.1, -0.05) is 109 Å². The summed E-state index contributed by atoms with van der Waals surface area (Å²) < 4.78 is 0. The number of benzene rings is 1. The molecule has 0 fully saturated rings. The Kier molecular flexibility index (Phi) is 12.5. The van der Waals surface area contributed by atoms with E-state index in [0.29, 0.717) is 0 Å². The molecule has 2 heterocycles. The summed E-state index contributed by atoms with van der Waals surface area (Å²) in [7, 11) is 0. The fraction of sp³-hybridized carbons (Fsp3) is 0.531. The van der Waals surface area contributed by atoms with Crippen LogP contribution < -0.4 is 0 Å². The summed E-state index contributed by atoms with van der Waals surface area (Å²) in [6.07, 6.45) is 25.5. The first-order valence-corrected chi connectivity index (χ1v) is 14.2. The van der Waals surface area contributed by atoms with Gasteiger partial charge in [0, 0.05) is 29.7 Å². The van der Waals surface area contributed by atoms with Gasteiger partial charge in [-0.15, -0.1) is 0 Å². The maximum atomic E-state index is 4.69. The minimum absolute atomic E-state index is 0.752. The molecule has 0 saturated heterocycles. The maximum absolute atomic E-state index is 4.69. The molecule has 0 unspecified atom stereocenters. The number of pyridine rings is 1. The van der Waals surface area contributed by atoms with Gasteiger partial charge in [-0.3, -0.25) is 4.98 Å². The predicted molar refractivity (Wildman–Crippen MR) is 149 cm³/mol. The molecule has 0 aliphatic heterocycles. The van der Waals surface area contributed by atoms with Crippen molar-refractivity contribution in [2.45, 2.75) is 110 Å². The fourth-order valence-electron chi connectivity index (χ4n) is 4.57. The Bertz CT molecular complexity index is 930. The van der Waals surface area contributed by atoms with Crippen molar-refractivity contribution in [3.8, 4) is 22.6 Å². The van der Waals surface area contributed by atoms with Gasteiger partial charge in [0.15, 0.2) is 5.82 Å². The Morgan fingerprint density at radius 1 is 0.457 bits per heavy atom. The van der Waals surface area contributed by atoms with E-state index in [0.717, 1.165) is 29.1 Å². The smallest absolute Gasteiger partial charge is 0.160 e. The van der Waals surface area contributed by atoms with Crippen LogP contribution in [0.1, 0.15) is 108 Å². The van der Waals surface area contributed by atoms with Crippen molar-refractivity contribution in [1.29, 1.82) is 0 Å². The molecule has 0 spiro atoms. The Morgan fingerprint density at radius 3 is 1.51 bits per heavy atom. The second-order valence-electron chi connectivity index (χ2n) is 9.93. The Balaban J connectivity index is 1.43. The lowest BCUT2D eigenvalue weighted by Crippen LogP contribution is -1.94. The lowest BCUT2D eigenvalue weighted by molar-refractivity contribution is 0.575. The lowest BCUT2D eigenvalue weighted by atomic mass is 10.0. The first-order chi connectivity index (χ1) is 17.3. The van der Waals surface area contributed by atoms with E-state index in [1.165, 1.54) is 101 Å². The van der Waals surface area contributed by atoms with Crippen molar-refractivity contribution in [3.63, 3.8) is 0 Å². The monoisotopic (exact) mass is 471 g/mol. The number of unbranched alkanes of at least 4 members (excludes halogenated alkanes) is 11. The van der Waals surface area contributed by atoms with Crippen LogP contribution in [0.2, 0.25) is 0 Å². The summed E-state index contributed by atoms with van der Waals surface area (Å²) in [5.74, 6) is 0.752. The van der Waals surface area contributed by atoms with Crippen LogP contribution in [0.3, 0.4) is 0 Å². The molecule has 0 radical (unpaired) electrons. The van der Waals surface area contributed by atoms with Crippen LogP contribution in [0.5, 0.6) is 0 Å². The number of rotatable bonds is 17. The normalized spacial score (nSPS) is 11.1. The predicted octanol–water partition coefficient (Wildman–Crippen LogP) is 9.40. The zero-order valence-electron chi connectivity index (χ0n) is 22.1. The van der Waals surface area contributed by atoms with Gasteiger partial charge in [0.1, 0.15) is 0 Å². The fourth-order valence-corrected chi connectivity index (χ4v) is 4.57. The van der Waals surface area contributed by atoms with Gasteiger partial charge < -0.3 is 0 Å². The third-order valence-corrected chi connectivity index (χ3v) is 6.86. The SMILES string of the molecule is CCCCCCCCCCc1cnc(-c2ccc(-c3ccc(CCCCCCC)cc3)nc2)nc1. The third-order valence-electron chi connectivity index (χ3n) is 6.86. The number of aromatic nitrogens is 3. The molecular formula is C32H45N3. The molecule has 3 rings (SSSR count). The molecule has 0 atom stereocenters. The Labute approximate surface area is 213 Å². The van der Waals surface area contributed by atoms with E-state index in [2.05, 4.69) is 65.2 Å². The van der Waals surface area contributed by atoms with Crippen molar-refractivity contribution in [3.05, 3.63) is 66.1 Å². The van der Waals surface area contributed by atoms with Crippen LogP contribution in [0, 0.1) is 0 Å². The van der Waals surface area contributed by atoms with E-state index >= 15 is 0 Å². The molecule has 0 amide bonds. The molecule has 3 nitrogen and oxygen atoms in total. The summed E-state index contributed by atoms with van der Waals surface area (Å²) in [6, 6.07) is 13.0. The van der Waals surface area contributed by atoms with Crippen LogP contribution in [0.4, 0.5) is 0 Å². The number of hydrogen-bond acceptors (Lipinski definition) is 3. The van der Waals surface area contributed by atoms with E-state index in [4.69, 9.17) is 0 Å². The van der Waals surface area contributed by atoms with E-state index < -0.39 is 0 Å². The molecule has 0 bridgehead atoms. The molecular weight excluding hydrogens is 426 g/mol. The van der Waals surface area contributed by atoms with Gasteiger partial charge >= 0.3 is 0 Å². The van der Waals surface area contributed by atoms with Crippen molar-refractivity contribution in [1.82, 2.24) is 15.0 Å². The van der Waals surface area contributed by atoms with Crippen molar-refractivity contribution >= 4 is 0 Å². The van der Waals surface area contributed by atoms with Crippen LogP contribution in [0.15, 0.2) is 55.0 Å². The number of nitrogens with zero attached hydrogens (tertiary/aromatic N) is 3. The average molecular weight is 472 g/mol. The number of aryl methyl sites for hydroxylation is 2. The van der Waals surface area contributed by atoms with Crippen LogP contribution >= 0.6 is 0 Å². The Morgan fingerprint density at radius 2 is 0.971 bits per heavy atom. The topological polar surface area (TPSA) is 38.7 Å². The molecule has 1 aromatic carbocycles. The van der Waals surface area contributed by atoms with Crippen LogP contribution in [-0.4, -0.2) is 15.0 Å². The summed E-state index contributed by atoms with van der Waals surface area (Å²) in [4.78, 5) is 13.9. The molecule has 0 saturated carbocycles. The van der Waals surface area contributed by atoms with Crippen molar-refractivity contribution < 1.29 is 0 Å². The minimum atomic E-state index is 0.752. The molecule has 3 aromatic rings. The van der Waals surface area contributed by atoms with Crippen LogP contribution in [-0.2, 0) is 12.8 Å². The summed E-state index contributed by atoms with van der Waals surface area (Å²) in [6.45, 7) is 4.54. The first-order valence-electron chi connectivity index (χ1n) is 14.2. The second kappa shape index (κ2) is 16.2. The highest BCUT2D eigenvalue weighted by molar-refractivity contribution is 5.63. The van der Waals surface area contributed by atoms with Gasteiger partial charge in [-0.05, 0) is 48.9 Å². The first kappa shape index (κ1) is 27.0. The zero-order valence-corrected chi connectivity index (χ0v) is 22.1. The Hall–Kier alpha value is -2.55. The molecule has 35 heavy (non-hydrogen) atoms. The molecule has 188 valence electrons. The summed E-state index contributed by atoms with van der Waals surface area (Å²) in [5, 5.41) is 0. The summed E-state index contributed by atoms with van der Waals surface area (Å²) >= 11 is 0. The second-order valence-corrected chi connectivity index (χ2v) is 9.93. The van der Waals surface area contributed by atoms with Gasteiger partial charge in [0.05, 0.1) is 5.69 Å². The highest BCUT2D eigenvalue weighted by Gasteiger charge is 2.05. The van der Waals surface area contributed by atoms with Crippen molar-refractivity contribution in [2.75, 3.05) is 0 Å². The highest BCUT2D eigenvalue weighted by Crippen LogP contribution is 2.22. The zero-order chi connectivity index (χ0) is 24.6. The van der Waals surface area contributed by atoms with E-state index in [1.807, 2.05) is 18.6 Å². The van der Waals surface area contributed by atoms with E-state index in [9.17, 15) is 0 Å². The van der Waals surface area contributed by atoms with Crippen LogP contribution in [0.25, 0.3) is 22.6 Å². The molecule has 3 heteroatoms. The average Bonchev–Trinajstić information content (AvgIpc) is 2.91. The van der Waals surface area contributed by atoms with E-state index in [-0.39, 0.29) is 0 Å². The minimum Gasteiger partial charge on any atom is -0.255 e. The number of hydrogen-bond donors (Lipinski definition) is 0. The van der Waals surface area contributed by atoms with Gasteiger partial charge in [0.25, 0.3) is 0 Å². The van der Waals surface area contributed by atoms with E-state index in [1.54, 1.807) is 0 Å². The molecule has 0 aliphatic rings. The standard InChI is InChI=1S/C32H45N3/c1-3-5-7-9-10-11-13-15-17-28-24-34-32(35-25-28)30-22-23-31(33-26-30)29-20-18-27(19-21-29)16-14-12-8-6-4-2/h18-26H,3-17H2,1-2H3. The molecule has 0 aliphatic carbocycles.